The van der Waals surface area contributed by atoms with Crippen LogP contribution in [0.15, 0.2) is 0 Å². The van der Waals surface area contributed by atoms with Crippen molar-refractivity contribution in [2.75, 3.05) is 0 Å². The van der Waals surface area contributed by atoms with E-state index in [1.807, 2.05) is 0 Å². The van der Waals surface area contributed by atoms with Crippen LogP contribution in [0, 0.1) is 0 Å². The van der Waals surface area contributed by atoms with Gasteiger partial charge in [-0.25, -0.2) is 4.57 Å². The maximum Gasteiger partial charge on any atom is 0.324 e. The van der Waals surface area contributed by atoms with Gasteiger partial charge in [-0.3, -0.25) is 0 Å². The first-order valence-corrected chi connectivity index (χ1v) is 8.98. The maximum absolute atomic E-state index is 10.5. The molecule has 0 aliphatic heterocycles. The molecule has 4 unspecified atom stereocenters. The summed E-state index contributed by atoms with van der Waals surface area (Å²) >= 11 is -0.747. The molecule has 0 aliphatic carbocycles. The van der Waals surface area contributed by atoms with Crippen molar-refractivity contribution in [1.29, 1.82) is 0 Å². The van der Waals surface area contributed by atoms with Crippen LogP contribution in [-0.4, -0.2) is 22.6 Å². The monoisotopic (exact) mass is 298 g/mol. The summed E-state index contributed by atoms with van der Waals surface area (Å²) in [6.07, 6.45) is 0. The molecule has 10 heteroatoms. The molecule has 0 rings (SSSR count). The Bertz CT molecular complexity index is 193. The summed E-state index contributed by atoms with van der Waals surface area (Å²) in [6.45, 7) is 3.34. The van der Waals surface area contributed by atoms with Crippen LogP contribution < -0.4 is 0 Å². The maximum atomic E-state index is 10.5. The molecule has 0 saturated heterocycles. The quantitative estimate of drug-likeness (QED) is 0.524. The SMILES string of the molecule is C[CH]([Ti][CH](C)[PH](=O)O)[PH](=O)O.O=PO. The van der Waals surface area contributed by atoms with E-state index in [4.69, 9.17) is 19.2 Å². The van der Waals surface area contributed by atoms with Gasteiger partial charge in [0.15, 0.2) is 0 Å². The van der Waals surface area contributed by atoms with E-state index in [9.17, 15) is 9.13 Å². The third-order valence-electron chi connectivity index (χ3n) is 1.24. The molecule has 14 heavy (non-hydrogen) atoms. The molecule has 3 N–H and O–H groups in total. The summed E-state index contributed by atoms with van der Waals surface area (Å²) in [7, 11) is -5.77. The van der Waals surface area contributed by atoms with Gasteiger partial charge in [0.05, 0.1) is 0 Å². The van der Waals surface area contributed by atoms with Crippen molar-refractivity contribution < 1.29 is 47.5 Å². The Labute approximate surface area is 94.1 Å². The fourth-order valence-electron chi connectivity index (χ4n) is 0.518. The first-order valence-electron chi connectivity index (χ1n) is 3.55. The van der Waals surface area contributed by atoms with Gasteiger partial charge < -0.3 is 4.89 Å². The van der Waals surface area contributed by atoms with Crippen LogP contribution in [0.4, 0.5) is 0 Å². The molecule has 0 aliphatic rings. The molecule has 0 fully saturated rings. The molecule has 0 aromatic carbocycles. The molecule has 0 aromatic heterocycles. The van der Waals surface area contributed by atoms with E-state index >= 15 is 0 Å². The van der Waals surface area contributed by atoms with E-state index in [-0.39, 0.29) is 7.93 Å². The normalized spacial score (nSPS) is 18.6. The van der Waals surface area contributed by atoms with E-state index in [1.54, 1.807) is 13.8 Å². The predicted molar refractivity (Wildman–Crippen MR) is 51.2 cm³/mol. The van der Waals surface area contributed by atoms with Crippen LogP contribution in [0.25, 0.3) is 0 Å². The Morgan fingerprint density at radius 2 is 1.36 bits per heavy atom. The van der Waals surface area contributed by atoms with Gasteiger partial charge in [0.25, 0.3) is 0 Å². The Kier molecular flexibility index (Phi) is 13.4. The van der Waals surface area contributed by atoms with E-state index in [0.717, 1.165) is 0 Å². The van der Waals surface area contributed by atoms with Crippen molar-refractivity contribution >= 4 is 24.7 Å². The molecule has 0 radical (unpaired) electrons. The average molecular weight is 298 g/mol. The summed E-state index contributed by atoms with van der Waals surface area (Å²) in [6, 6.07) is 0. The summed E-state index contributed by atoms with van der Waals surface area (Å²) < 4.78 is 29.0. The molecule has 0 heterocycles. The number of hydrogen-bond acceptors (Lipinski definition) is 3. The van der Waals surface area contributed by atoms with Gasteiger partial charge in [0.2, 0.25) is 0 Å². The minimum Gasteiger partial charge on any atom is -0.310 e. The van der Waals surface area contributed by atoms with Gasteiger partial charge in [-0.2, -0.15) is 0 Å². The van der Waals surface area contributed by atoms with Crippen molar-refractivity contribution in [3.8, 4) is 0 Å². The molecular formula is C4H13O6P3Ti. The summed E-state index contributed by atoms with van der Waals surface area (Å²) in [5.41, 5.74) is 0. The average Bonchev–Trinajstić information content (AvgIpc) is 2.05. The molecule has 0 bridgehead atoms. The van der Waals surface area contributed by atoms with Crippen molar-refractivity contribution in [1.82, 2.24) is 0 Å². The second kappa shape index (κ2) is 10.7. The number of rotatable bonds is 4. The standard InChI is InChI=1S/2C2H6O2P.HO2P.Ti/c2*1-2-5(3)4;1-3-2;/h2*2,5H,1H3,(H,3,4);(H,1,2);. The van der Waals surface area contributed by atoms with Gasteiger partial charge in [-0.1, -0.05) is 0 Å². The first-order chi connectivity index (χ1) is 6.36. The minimum absolute atomic E-state index is 0.226. The van der Waals surface area contributed by atoms with E-state index < -0.39 is 43.9 Å². The van der Waals surface area contributed by atoms with E-state index in [0.29, 0.717) is 0 Å². The van der Waals surface area contributed by atoms with Crippen molar-refractivity contribution in [2.24, 2.45) is 0 Å². The summed E-state index contributed by atoms with van der Waals surface area (Å²) in [5, 5.41) is 0. The second-order valence-electron chi connectivity index (χ2n) is 2.37. The Hall–Kier alpha value is 1.15. The molecule has 84 valence electrons. The molecule has 0 amide bonds. The summed E-state index contributed by atoms with van der Waals surface area (Å²) in [5.74, 6) is 0. The molecule has 0 spiro atoms. The van der Waals surface area contributed by atoms with E-state index in [2.05, 4.69) is 0 Å². The third kappa shape index (κ3) is 11.2. The van der Waals surface area contributed by atoms with Crippen LogP contribution in [0.1, 0.15) is 13.8 Å². The Balaban J connectivity index is 0. The van der Waals surface area contributed by atoms with Gasteiger partial charge in [-0.15, -0.1) is 0 Å². The van der Waals surface area contributed by atoms with Crippen LogP contribution in [-0.2, 0) is 32.8 Å². The Morgan fingerprint density at radius 3 is 1.50 bits per heavy atom. The van der Waals surface area contributed by atoms with Gasteiger partial charge in [0, 0.05) is 0 Å². The van der Waals surface area contributed by atoms with Crippen LogP contribution in [0.2, 0.25) is 0 Å². The van der Waals surface area contributed by atoms with Crippen LogP contribution in [0.3, 0.4) is 0 Å². The van der Waals surface area contributed by atoms with Crippen molar-refractivity contribution in [3.63, 3.8) is 0 Å². The minimum atomic E-state index is -2.47. The smallest absolute Gasteiger partial charge is 0.310 e. The van der Waals surface area contributed by atoms with Crippen LogP contribution >= 0.6 is 24.7 Å². The number of hydrogen-bond donors (Lipinski definition) is 3. The molecule has 4 atom stereocenters. The zero-order chi connectivity index (χ0) is 11.7. The fourth-order valence-corrected chi connectivity index (χ4v) is 6.06. The topological polar surface area (TPSA) is 112 Å². The van der Waals surface area contributed by atoms with Crippen molar-refractivity contribution in [2.45, 2.75) is 21.8 Å². The first kappa shape index (κ1) is 17.5. The van der Waals surface area contributed by atoms with Gasteiger partial charge in [-0.05, 0) is 0 Å². The molecular weight excluding hydrogens is 285 g/mol. The Morgan fingerprint density at radius 1 is 1.14 bits per heavy atom. The molecule has 6 nitrogen and oxygen atoms in total. The van der Waals surface area contributed by atoms with E-state index in [1.165, 1.54) is 0 Å². The third-order valence-corrected chi connectivity index (χ3v) is 7.97. The predicted octanol–water partition coefficient (Wildman–Crippen LogP) is 0.880. The zero-order valence-corrected chi connectivity index (χ0v) is 12.1. The van der Waals surface area contributed by atoms with Crippen molar-refractivity contribution in [3.05, 3.63) is 0 Å². The summed E-state index contributed by atoms with van der Waals surface area (Å²) in [4.78, 5) is 24.3. The van der Waals surface area contributed by atoms with Gasteiger partial charge >= 0.3 is 84.6 Å². The van der Waals surface area contributed by atoms with Crippen LogP contribution in [0.5, 0.6) is 0 Å². The second-order valence-corrected chi connectivity index (χ2v) is 10.6. The molecule has 0 saturated carbocycles. The fraction of sp³-hybridized carbons (Fsp3) is 1.00. The molecule has 0 aromatic rings. The largest absolute Gasteiger partial charge is 0.324 e. The zero-order valence-electron chi connectivity index (χ0n) is 7.67. The van der Waals surface area contributed by atoms with Gasteiger partial charge in [0.1, 0.15) is 0 Å².